The maximum atomic E-state index is 11.6. The van der Waals surface area contributed by atoms with Gasteiger partial charge in [-0.05, 0) is 24.5 Å². The fraction of sp³-hybridized carbons (Fsp3) is 0.462. The molecule has 0 aliphatic carbocycles. The van der Waals surface area contributed by atoms with Crippen molar-refractivity contribution in [2.45, 2.75) is 12.8 Å². The zero-order valence-electron chi connectivity index (χ0n) is 9.85. The Balaban J connectivity index is 2.01. The molecule has 1 aliphatic rings. The third-order valence-corrected chi connectivity index (χ3v) is 2.97. The van der Waals surface area contributed by atoms with Crippen LogP contribution in [-0.4, -0.2) is 37.3 Å². The SMILES string of the molecule is O=C(CN1CCCc2ccccc21)NCCO. The van der Waals surface area contributed by atoms with Crippen molar-refractivity contribution < 1.29 is 9.90 Å². The molecule has 17 heavy (non-hydrogen) atoms. The lowest BCUT2D eigenvalue weighted by Gasteiger charge is -2.30. The number of amides is 1. The van der Waals surface area contributed by atoms with E-state index in [9.17, 15) is 4.79 Å². The van der Waals surface area contributed by atoms with Crippen LogP contribution in [0.25, 0.3) is 0 Å². The van der Waals surface area contributed by atoms with E-state index in [1.165, 1.54) is 5.56 Å². The van der Waals surface area contributed by atoms with Crippen LogP contribution in [-0.2, 0) is 11.2 Å². The first-order chi connectivity index (χ1) is 8.31. The molecule has 1 aromatic carbocycles. The van der Waals surface area contributed by atoms with Crippen molar-refractivity contribution >= 4 is 11.6 Å². The molecule has 0 saturated carbocycles. The molecule has 0 unspecified atom stereocenters. The Kier molecular flexibility index (Phi) is 3.98. The van der Waals surface area contributed by atoms with E-state index < -0.39 is 0 Å². The summed E-state index contributed by atoms with van der Waals surface area (Å²) in [4.78, 5) is 13.7. The van der Waals surface area contributed by atoms with Gasteiger partial charge < -0.3 is 15.3 Å². The summed E-state index contributed by atoms with van der Waals surface area (Å²) in [6.45, 7) is 1.61. The summed E-state index contributed by atoms with van der Waals surface area (Å²) in [6.07, 6.45) is 2.18. The van der Waals surface area contributed by atoms with E-state index in [-0.39, 0.29) is 12.5 Å². The van der Waals surface area contributed by atoms with Crippen LogP contribution in [0, 0.1) is 0 Å². The van der Waals surface area contributed by atoms with Crippen LogP contribution in [0.4, 0.5) is 5.69 Å². The third-order valence-electron chi connectivity index (χ3n) is 2.97. The number of aliphatic hydroxyl groups excluding tert-OH is 1. The fourth-order valence-electron chi connectivity index (χ4n) is 2.20. The highest BCUT2D eigenvalue weighted by atomic mass is 16.3. The molecule has 1 amide bonds. The molecule has 1 aliphatic heterocycles. The summed E-state index contributed by atoms with van der Waals surface area (Å²) < 4.78 is 0. The van der Waals surface area contributed by atoms with Gasteiger partial charge in [0.1, 0.15) is 0 Å². The van der Waals surface area contributed by atoms with Gasteiger partial charge in [0.2, 0.25) is 5.91 Å². The first-order valence-corrected chi connectivity index (χ1v) is 6.01. The second kappa shape index (κ2) is 5.68. The number of rotatable bonds is 4. The Morgan fingerprint density at radius 1 is 1.41 bits per heavy atom. The molecule has 4 nitrogen and oxygen atoms in total. The Morgan fingerprint density at radius 2 is 2.24 bits per heavy atom. The molecule has 0 atom stereocenters. The third kappa shape index (κ3) is 2.97. The fourth-order valence-corrected chi connectivity index (χ4v) is 2.20. The number of benzene rings is 1. The molecule has 0 bridgehead atoms. The molecule has 1 aromatic rings. The summed E-state index contributed by atoms with van der Waals surface area (Å²) in [6, 6.07) is 8.22. The monoisotopic (exact) mass is 234 g/mol. The molecule has 0 spiro atoms. The van der Waals surface area contributed by atoms with Crippen LogP contribution in [0.15, 0.2) is 24.3 Å². The number of anilines is 1. The summed E-state index contributed by atoms with van der Waals surface area (Å²) in [5.41, 5.74) is 2.48. The van der Waals surface area contributed by atoms with Gasteiger partial charge in [0.05, 0.1) is 13.2 Å². The number of aryl methyl sites for hydroxylation is 1. The summed E-state index contributed by atoms with van der Waals surface area (Å²) in [5, 5.41) is 11.3. The predicted octanol–water partition coefficient (Wildman–Crippen LogP) is 0.548. The Hall–Kier alpha value is -1.55. The molecule has 2 rings (SSSR count). The molecule has 0 fully saturated rings. The number of para-hydroxylation sites is 1. The van der Waals surface area contributed by atoms with Crippen LogP contribution >= 0.6 is 0 Å². The lowest BCUT2D eigenvalue weighted by Crippen LogP contribution is -2.40. The number of aliphatic hydroxyl groups is 1. The van der Waals surface area contributed by atoms with Gasteiger partial charge in [-0.25, -0.2) is 0 Å². The number of carbonyl (C=O) groups excluding carboxylic acids is 1. The molecule has 4 heteroatoms. The number of nitrogens with one attached hydrogen (secondary N) is 1. The molecular formula is C13H18N2O2. The molecule has 2 N–H and O–H groups in total. The highest BCUT2D eigenvalue weighted by Gasteiger charge is 2.18. The minimum absolute atomic E-state index is 0.0116. The lowest BCUT2D eigenvalue weighted by molar-refractivity contribution is -0.119. The summed E-state index contributed by atoms with van der Waals surface area (Å²) in [5.74, 6) is -0.0317. The minimum atomic E-state index is -0.0317. The van der Waals surface area contributed by atoms with E-state index in [1.54, 1.807) is 0 Å². The molecule has 0 saturated heterocycles. The second-order valence-electron chi connectivity index (χ2n) is 4.23. The maximum Gasteiger partial charge on any atom is 0.239 e. The highest BCUT2D eigenvalue weighted by Crippen LogP contribution is 2.25. The maximum absolute atomic E-state index is 11.6. The van der Waals surface area contributed by atoms with Gasteiger partial charge in [0.15, 0.2) is 0 Å². The zero-order chi connectivity index (χ0) is 12.1. The van der Waals surface area contributed by atoms with Gasteiger partial charge in [-0.2, -0.15) is 0 Å². The number of carbonyl (C=O) groups is 1. The van der Waals surface area contributed by atoms with E-state index in [0.717, 1.165) is 25.1 Å². The summed E-state index contributed by atoms with van der Waals surface area (Å²) >= 11 is 0. The van der Waals surface area contributed by atoms with Crippen LogP contribution in [0.5, 0.6) is 0 Å². The molecule has 1 heterocycles. The summed E-state index contributed by atoms with van der Waals surface area (Å²) in [7, 11) is 0. The van der Waals surface area contributed by atoms with Crippen molar-refractivity contribution in [1.29, 1.82) is 0 Å². The number of fused-ring (bicyclic) bond motifs is 1. The second-order valence-corrected chi connectivity index (χ2v) is 4.23. The van der Waals surface area contributed by atoms with Crippen LogP contribution in [0.2, 0.25) is 0 Å². The average molecular weight is 234 g/mol. The molecular weight excluding hydrogens is 216 g/mol. The Labute approximate surface area is 101 Å². The van der Waals surface area contributed by atoms with Crippen molar-refractivity contribution in [2.75, 3.05) is 31.1 Å². The highest BCUT2D eigenvalue weighted by molar-refractivity contribution is 5.81. The van der Waals surface area contributed by atoms with Gasteiger partial charge >= 0.3 is 0 Å². The van der Waals surface area contributed by atoms with Gasteiger partial charge in [0.25, 0.3) is 0 Å². The van der Waals surface area contributed by atoms with E-state index in [1.807, 2.05) is 12.1 Å². The smallest absolute Gasteiger partial charge is 0.239 e. The largest absolute Gasteiger partial charge is 0.395 e. The first-order valence-electron chi connectivity index (χ1n) is 6.01. The van der Waals surface area contributed by atoms with Crippen molar-refractivity contribution in [3.63, 3.8) is 0 Å². The standard InChI is InChI=1S/C13H18N2O2/c16-9-7-14-13(17)10-15-8-3-5-11-4-1-2-6-12(11)15/h1-2,4,6,16H,3,5,7-10H2,(H,14,17). The van der Waals surface area contributed by atoms with E-state index in [2.05, 4.69) is 22.3 Å². The Morgan fingerprint density at radius 3 is 3.06 bits per heavy atom. The van der Waals surface area contributed by atoms with Crippen molar-refractivity contribution in [3.05, 3.63) is 29.8 Å². The topological polar surface area (TPSA) is 52.6 Å². The zero-order valence-corrected chi connectivity index (χ0v) is 9.85. The molecule has 0 radical (unpaired) electrons. The van der Waals surface area contributed by atoms with Crippen molar-refractivity contribution in [1.82, 2.24) is 5.32 Å². The van der Waals surface area contributed by atoms with E-state index in [0.29, 0.717) is 13.1 Å². The van der Waals surface area contributed by atoms with Crippen LogP contribution < -0.4 is 10.2 Å². The molecule has 92 valence electrons. The van der Waals surface area contributed by atoms with Crippen LogP contribution in [0.3, 0.4) is 0 Å². The van der Waals surface area contributed by atoms with Gasteiger partial charge in [-0.3, -0.25) is 4.79 Å². The van der Waals surface area contributed by atoms with E-state index >= 15 is 0 Å². The van der Waals surface area contributed by atoms with E-state index in [4.69, 9.17) is 5.11 Å². The quantitative estimate of drug-likeness (QED) is 0.800. The first kappa shape index (κ1) is 11.9. The van der Waals surface area contributed by atoms with Crippen LogP contribution in [0.1, 0.15) is 12.0 Å². The predicted molar refractivity (Wildman–Crippen MR) is 67.1 cm³/mol. The Bertz CT molecular complexity index is 393. The normalized spacial score (nSPS) is 14.3. The van der Waals surface area contributed by atoms with Gasteiger partial charge in [0, 0.05) is 18.8 Å². The molecule has 0 aromatic heterocycles. The average Bonchev–Trinajstić information content (AvgIpc) is 2.37. The van der Waals surface area contributed by atoms with Crippen molar-refractivity contribution in [3.8, 4) is 0 Å². The van der Waals surface area contributed by atoms with Gasteiger partial charge in [-0.1, -0.05) is 18.2 Å². The number of nitrogens with zero attached hydrogens (tertiary/aromatic N) is 1. The minimum Gasteiger partial charge on any atom is -0.395 e. The lowest BCUT2D eigenvalue weighted by atomic mass is 10.0. The van der Waals surface area contributed by atoms with Gasteiger partial charge in [-0.15, -0.1) is 0 Å². The number of hydrogen-bond donors (Lipinski definition) is 2. The number of hydrogen-bond acceptors (Lipinski definition) is 3. The van der Waals surface area contributed by atoms with Crippen molar-refractivity contribution in [2.24, 2.45) is 0 Å².